The number of hydrogen-bond donors (Lipinski definition) is 1. The lowest BCUT2D eigenvalue weighted by molar-refractivity contribution is 0.213. The molecule has 3 nitrogen and oxygen atoms in total. The molecular weight excluding hydrogens is 346 g/mol. The molecule has 1 unspecified atom stereocenters. The Morgan fingerprint density at radius 2 is 1.62 bits per heavy atom. The maximum Gasteiger partial charge on any atom is 0.163 e. The first kappa shape index (κ1) is 15.7. The van der Waals surface area contributed by atoms with Gasteiger partial charge in [0.15, 0.2) is 11.5 Å². The van der Waals surface area contributed by atoms with Crippen molar-refractivity contribution in [3.8, 4) is 11.5 Å². The lowest BCUT2D eigenvalue weighted by Gasteiger charge is -2.16. The third-order valence-electron chi connectivity index (χ3n) is 3.06. The van der Waals surface area contributed by atoms with Crippen LogP contribution in [-0.2, 0) is 0 Å². The summed E-state index contributed by atoms with van der Waals surface area (Å²) in [5.41, 5.74) is 0.376. The first-order valence-corrected chi connectivity index (χ1v) is 6.81. The van der Waals surface area contributed by atoms with Gasteiger partial charge in [0.1, 0.15) is 17.7 Å². The molecule has 6 heteroatoms. The van der Waals surface area contributed by atoms with Crippen LogP contribution < -0.4 is 9.47 Å². The quantitative estimate of drug-likeness (QED) is 0.902. The summed E-state index contributed by atoms with van der Waals surface area (Å²) in [4.78, 5) is 0. The molecular formula is C15H13BrF2O3. The van der Waals surface area contributed by atoms with Crippen molar-refractivity contribution in [1.29, 1.82) is 0 Å². The minimum absolute atomic E-state index is 0.0196. The molecule has 0 spiro atoms. The molecule has 0 heterocycles. The second-order valence-electron chi connectivity index (χ2n) is 4.30. The average molecular weight is 359 g/mol. The lowest BCUT2D eigenvalue weighted by atomic mass is 10.0. The number of aliphatic hydroxyl groups excluding tert-OH is 1. The first-order valence-electron chi connectivity index (χ1n) is 6.02. The third kappa shape index (κ3) is 3.16. The van der Waals surface area contributed by atoms with E-state index in [4.69, 9.17) is 9.47 Å². The highest BCUT2D eigenvalue weighted by atomic mass is 79.9. The van der Waals surface area contributed by atoms with Gasteiger partial charge in [-0.05, 0) is 39.7 Å². The minimum Gasteiger partial charge on any atom is -0.493 e. The van der Waals surface area contributed by atoms with E-state index in [1.54, 1.807) is 0 Å². The second kappa shape index (κ2) is 6.41. The van der Waals surface area contributed by atoms with Crippen molar-refractivity contribution < 1.29 is 23.4 Å². The molecule has 0 aromatic heterocycles. The summed E-state index contributed by atoms with van der Waals surface area (Å²) in [5, 5.41) is 10.3. The largest absolute Gasteiger partial charge is 0.493 e. The predicted octanol–water partition coefficient (Wildman–Crippen LogP) is 3.83. The van der Waals surface area contributed by atoms with Crippen LogP contribution >= 0.6 is 15.9 Å². The molecule has 2 aromatic rings. The van der Waals surface area contributed by atoms with Gasteiger partial charge in [-0.2, -0.15) is 0 Å². The van der Waals surface area contributed by atoms with Crippen LogP contribution in [0.4, 0.5) is 8.78 Å². The van der Waals surface area contributed by atoms with Crippen LogP contribution in [0.2, 0.25) is 0 Å². The molecule has 1 N–H and O–H groups in total. The molecule has 0 fully saturated rings. The fourth-order valence-electron chi connectivity index (χ4n) is 1.94. The Morgan fingerprint density at radius 3 is 2.19 bits per heavy atom. The first-order chi connectivity index (χ1) is 9.97. The average Bonchev–Trinajstić information content (AvgIpc) is 2.49. The Kier molecular flexibility index (Phi) is 4.80. The SMILES string of the molecule is COc1cc(F)c(C(O)c2ccc(F)c(Br)c2)cc1OC. The van der Waals surface area contributed by atoms with E-state index in [9.17, 15) is 13.9 Å². The van der Waals surface area contributed by atoms with Crippen LogP contribution in [0.5, 0.6) is 11.5 Å². The molecule has 0 radical (unpaired) electrons. The number of halogens is 3. The highest BCUT2D eigenvalue weighted by molar-refractivity contribution is 9.10. The van der Waals surface area contributed by atoms with E-state index < -0.39 is 17.7 Å². The summed E-state index contributed by atoms with van der Waals surface area (Å²) < 4.78 is 37.6. The Balaban J connectivity index is 2.47. The molecule has 2 aromatic carbocycles. The van der Waals surface area contributed by atoms with E-state index in [0.29, 0.717) is 11.3 Å². The van der Waals surface area contributed by atoms with E-state index in [-0.39, 0.29) is 15.8 Å². The molecule has 0 aliphatic heterocycles. The van der Waals surface area contributed by atoms with Gasteiger partial charge < -0.3 is 14.6 Å². The number of ether oxygens (including phenoxy) is 2. The lowest BCUT2D eigenvalue weighted by Crippen LogP contribution is -2.04. The molecule has 0 saturated carbocycles. The topological polar surface area (TPSA) is 38.7 Å². The van der Waals surface area contributed by atoms with E-state index in [0.717, 1.165) is 6.07 Å². The maximum atomic E-state index is 14.1. The number of aliphatic hydroxyl groups is 1. The van der Waals surface area contributed by atoms with Gasteiger partial charge in [0, 0.05) is 11.6 Å². The molecule has 112 valence electrons. The zero-order valence-corrected chi connectivity index (χ0v) is 12.9. The predicted molar refractivity (Wildman–Crippen MR) is 77.7 cm³/mol. The molecule has 0 aliphatic carbocycles. The molecule has 2 rings (SSSR count). The number of benzene rings is 2. The normalized spacial score (nSPS) is 12.1. The van der Waals surface area contributed by atoms with Gasteiger partial charge in [-0.15, -0.1) is 0 Å². The van der Waals surface area contributed by atoms with Crippen molar-refractivity contribution in [2.75, 3.05) is 14.2 Å². The van der Waals surface area contributed by atoms with Crippen molar-refractivity contribution >= 4 is 15.9 Å². The van der Waals surface area contributed by atoms with Crippen molar-refractivity contribution in [2.24, 2.45) is 0 Å². The Labute approximate surface area is 129 Å². The summed E-state index contributed by atoms with van der Waals surface area (Å²) in [6.07, 6.45) is -1.25. The number of rotatable bonds is 4. The summed E-state index contributed by atoms with van der Waals surface area (Å²) in [7, 11) is 2.81. The fraction of sp³-hybridized carbons (Fsp3) is 0.200. The summed E-state index contributed by atoms with van der Waals surface area (Å²) >= 11 is 3.03. The molecule has 0 saturated heterocycles. The number of hydrogen-bond acceptors (Lipinski definition) is 3. The van der Waals surface area contributed by atoms with Crippen molar-refractivity contribution in [3.63, 3.8) is 0 Å². The van der Waals surface area contributed by atoms with E-state index in [1.165, 1.54) is 38.5 Å². The summed E-state index contributed by atoms with van der Waals surface area (Å²) in [6, 6.07) is 6.48. The van der Waals surface area contributed by atoms with E-state index in [1.807, 2.05) is 0 Å². The standard InChI is InChI=1S/C15H13BrF2O3/c1-20-13-6-9(12(18)7-14(13)21-2)15(19)8-3-4-11(17)10(16)5-8/h3-7,15,19H,1-2H3. The third-order valence-corrected chi connectivity index (χ3v) is 3.66. The van der Waals surface area contributed by atoms with E-state index >= 15 is 0 Å². The number of methoxy groups -OCH3 is 2. The van der Waals surface area contributed by atoms with Crippen LogP contribution in [0.25, 0.3) is 0 Å². The van der Waals surface area contributed by atoms with Crippen LogP contribution in [0, 0.1) is 11.6 Å². The van der Waals surface area contributed by atoms with Gasteiger partial charge in [0.2, 0.25) is 0 Å². The van der Waals surface area contributed by atoms with Crippen molar-refractivity contribution in [2.45, 2.75) is 6.10 Å². The van der Waals surface area contributed by atoms with Gasteiger partial charge in [-0.25, -0.2) is 8.78 Å². The van der Waals surface area contributed by atoms with Gasteiger partial charge in [0.05, 0.1) is 18.7 Å². The molecule has 0 bridgehead atoms. The van der Waals surface area contributed by atoms with Crippen LogP contribution in [0.1, 0.15) is 17.2 Å². The molecule has 21 heavy (non-hydrogen) atoms. The monoisotopic (exact) mass is 358 g/mol. The summed E-state index contributed by atoms with van der Waals surface area (Å²) in [6.45, 7) is 0. The van der Waals surface area contributed by atoms with Crippen LogP contribution in [0.3, 0.4) is 0 Å². The van der Waals surface area contributed by atoms with Crippen LogP contribution in [0.15, 0.2) is 34.8 Å². The van der Waals surface area contributed by atoms with Gasteiger partial charge in [-0.3, -0.25) is 0 Å². The van der Waals surface area contributed by atoms with Gasteiger partial charge >= 0.3 is 0 Å². The highest BCUT2D eigenvalue weighted by Crippen LogP contribution is 2.35. The fourth-order valence-corrected chi connectivity index (χ4v) is 2.34. The zero-order valence-electron chi connectivity index (χ0n) is 11.4. The van der Waals surface area contributed by atoms with Gasteiger partial charge in [0.25, 0.3) is 0 Å². The van der Waals surface area contributed by atoms with Crippen LogP contribution in [-0.4, -0.2) is 19.3 Å². The Morgan fingerprint density at radius 1 is 1.00 bits per heavy atom. The van der Waals surface area contributed by atoms with E-state index in [2.05, 4.69) is 15.9 Å². The molecule has 0 amide bonds. The second-order valence-corrected chi connectivity index (χ2v) is 5.16. The maximum absolute atomic E-state index is 14.1. The van der Waals surface area contributed by atoms with Crippen molar-refractivity contribution in [3.05, 3.63) is 57.6 Å². The zero-order chi connectivity index (χ0) is 15.6. The van der Waals surface area contributed by atoms with Gasteiger partial charge in [-0.1, -0.05) is 6.07 Å². The smallest absolute Gasteiger partial charge is 0.163 e. The van der Waals surface area contributed by atoms with Crippen molar-refractivity contribution in [1.82, 2.24) is 0 Å². The molecule has 0 aliphatic rings. The minimum atomic E-state index is -1.25. The highest BCUT2D eigenvalue weighted by Gasteiger charge is 2.19. The Hall–Kier alpha value is -1.66. The molecule has 1 atom stereocenters. The summed E-state index contributed by atoms with van der Waals surface area (Å²) in [5.74, 6) is -0.570. The Bertz CT molecular complexity index is 662.